The Kier molecular flexibility index (Phi) is 11.4. The second kappa shape index (κ2) is 12.7. The van der Waals surface area contributed by atoms with Crippen LogP contribution in [-0.2, 0) is 9.59 Å². The molecule has 0 heterocycles. The number of rotatable bonds is 15. The first-order valence-corrected chi connectivity index (χ1v) is 10.4. The van der Waals surface area contributed by atoms with E-state index in [9.17, 15) is 9.59 Å². The van der Waals surface area contributed by atoms with Crippen molar-refractivity contribution in [1.82, 2.24) is 0 Å². The van der Waals surface area contributed by atoms with Crippen LogP contribution in [0.1, 0.15) is 96.8 Å². The Labute approximate surface area is 152 Å². The van der Waals surface area contributed by atoms with Gasteiger partial charge in [-0.15, -0.1) is 11.6 Å². The smallest absolute Gasteiger partial charge is 0.303 e. The van der Waals surface area contributed by atoms with Crippen LogP contribution in [0.5, 0.6) is 0 Å². The first kappa shape index (κ1) is 21.5. The zero-order valence-electron chi connectivity index (χ0n) is 15.3. The van der Waals surface area contributed by atoms with Crippen molar-refractivity contribution < 1.29 is 14.7 Å². The van der Waals surface area contributed by atoms with Crippen LogP contribution < -0.4 is 0 Å². The van der Waals surface area contributed by atoms with Gasteiger partial charge in [-0.2, -0.15) is 0 Å². The summed E-state index contributed by atoms with van der Waals surface area (Å²) < 4.78 is 0. The Morgan fingerprint density at radius 3 is 2.08 bits per heavy atom. The molecule has 0 aliphatic heterocycles. The Balaban J connectivity index is 2.07. The first-order chi connectivity index (χ1) is 11.6. The highest BCUT2D eigenvalue weighted by atomic mass is 35.5. The maximum Gasteiger partial charge on any atom is 0.303 e. The molecule has 0 aromatic heterocycles. The fraction of sp³-hybridized carbons (Fsp3) is 0.900. The van der Waals surface area contributed by atoms with Crippen molar-refractivity contribution in [3.8, 4) is 0 Å². The fourth-order valence-electron chi connectivity index (χ4n) is 3.75. The topological polar surface area (TPSA) is 54.4 Å². The molecule has 1 saturated carbocycles. The lowest BCUT2D eigenvalue weighted by atomic mass is 9.67. The van der Waals surface area contributed by atoms with Crippen LogP contribution in [-0.4, -0.2) is 22.2 Å². The largest absolute Gasteiger partial charge is 0.481 e. The number of hydrogen-bond donors (Lipinski definition) is 1. The molecule has 0 radical (unpaired) electrons. The van der Waals surface area contributed by atoms with Gasteiger partial charge in [0.15, 0.2) is 5.78 Å². The molecule has 1 rings (SSSR count). The van der Waals surface area contributed by atoms with Gasteiger partial charge in [0.05, 0.1) is 5.38 Å². The lowest BCUT2D eigenvalue weighted by molar-refractivity contribution is -0.137. The maximum atomic E-state index is 12.0. The number of halogens is 1. The number of ketones is 1. The van der Waals surface area contributed by atoms with E-state index >= 15 is 0 Å². The summed E-state index contributed by atoms with van der Waals surface area (Å²) >= 11 is 6.22. The molecule has 3 nitrogen and oxygen atoms in total. The van der Waals surface area contributed by atoms with Crippen molar-refractivity contribution in [3.05, 3.63) is 0 Å². The highest BCUT2D eigenvalue weighted by Gasteiger charge is 2.47. The van der Waals surface area contributed by atoms with Gasteiger partial charge in [-0.1, -0.05) is 71.1 Å². The molecule has 0 amide bonds. The Hall–Kier alpha value is -0.570. The zero-order chi connectivity index (χ0) is 17.8. The lowest BCUT2D eigenvalue weighted by Gasteiger charge is -2.40. The molecular formula is C20H35ClO3. The molecule has 1 aliphatic rings. The second-order valence-electron chi connectivity index (χ2n) is 7.33. The number of carbonyl (C=O) groups is 2. The third kappa shape index (κ3) is 8.00. The molecule has 140 valence electrons. The predicted molar refractivity (Wildman–Crippen MR) is 99.6 cm³/mol. The summed E-state index contributed by atoms with van der Waals surface area (Å²) in [5.41, 5.74) is 0. The monoisotopic (exact) mass is 358 g/mol. The van der Waals surface area contributed by atoms with Crippen molar-refractivity contribution in [2.75, 3.05) is 0 Å². The van der Waals surface area contributed by atoms with E-state index in [1.807, 2.05) is 0 Å². The molecule has 1 fully saturated rings. The number of Topliss-reactive ketones (excluding diaryl/α,β-unsaturated/α-hetero) is 1. The van der Waals surface area contributed by atoms with Gasteiger partial charge in [0.1, 0.15) is 0 Å². The Morgan fingerprint density at radius 1 is 0.917 bits per heavy atom. The Morgan fingerprint density at radius 2 is 1.46 bits per heavy atom. The van der Waals surface area contributed by atoms with Crippen molar-refractivity contribution in [2.24, 2.45) is 11.8 Å². The van der Waals surface area contributed by atoms with Crippen molar-refractivity contribution in [2.45, 2.75) is 102 Å². The van der Waals surface area contributed by atoms with Crippen molar-refractivity contribution in [1.29, 1.82) is 0 Å². The standard InChI is InChI=1S/C20H35ClO3/c1-2-3-4-5-7-11-14-17-16(19(21)20(17)24)13-10-8-6-9-12-15-18(22)23/h16-17,19H,2-15H2,1H3,(H,22,23)/t16-,17-,19?/m0/s1. The summed E-state index contributed by atoms with van der Waals surface area (Å²) in [4.78, 5) is 22.4. The number of carboxylic acids is 1. The average Bonchev–Trinajstić information content (AvgIpc) is 2.57. The third-order valence-electron chi connectivity index (χ3n) is 5.33. The third-order valence-corrected chi connectivity index (χ3v) is 5.87. The van der Waals surface area contributed by atoms with Crippen LogP contribution in [0, 0.1) is 11.8 Å². The molecule has 0 bridgehead atoms. The van der Waals surface area contributed by atoms with Gasteiger partial charge in [-0.3, -0.25) is 9.59 Å². The number of unbranched alkanes of at least 4 members (excludes halogenated alkanes) is 9. The molecule has 1 unspecified atom stereocenters. The summed E-state index contributed by atoms with van der Waals surface area (Å²) in [5, 5.41) is 8.35. The molecule has 0 aromatic rings. The minimum absolute atomic E-state index is 0.214. The van der Waals surface area contributed by atoms with Crippen LogP contribution in [0.2, 0.25) is 0 Å². The summed E-state index contributed by atoms with van der Waals surface area (Å²) in [6.07, 6.45) is 15.0. The molecule has 4 heteroatoms. The van der Waals surface area contributed by atoms with E-state index in [-0.39, 0.29) is 23.5 Å². The summed E-state index contributed by atoms with van der Waals surface area (Å²) in [5.74, 6) is 0.168. The molecule has 0 spiro atoms. The van der Waals surface area contributed by atoms with Crippen LogP contribution in [0.3, 0.4) is 0 Å². The van der Waals surface area contributed by atoms with Crippen LogP contribution in [0.15, 0.2) is 0 Å². The maximum absolute atomic E-state index is 12.0. The minimum Gasteiger partial charge on any atom is -0.481 e. The number of aliphatic carboxylic acids is 1. The molecule has 1 N–H and O–H groups in total. The summed E-state index contributed by atoms with van der Waals surface area (Å²) in [7, 11) is 0. The van der Waals surface area contributed by atoms with E-state index in [2.05, 4.69) is 6.92 Å². The van der Waals surface area contributed by atoms with E-state index in [4.69, 9.17) is 16.7 Å². The molecule has 24 heavy (non-hydrogen) atoms. The van der Waals surface area contributed by atoms with E-state index in [1.54, 1.807) is 0 Å². The normalized spacial score (nSPS) is 23.2. The summed E-state index contributed by atoms with van der Waals surface area (Å²) in [6, 6.07) is 0. The molecule has 3 atom stereocenters. The van der Waals surface area contributed by atoms with Gasteiger partial charge in [0.25, 0.3) is 0 Å². The first-order valence-electron chi connectivity index (χ1n) is 9.97. The van der Waals surface area contributed by atoms with E-state index < -0.39 is 5.97 Å². The highest BCUT2D eigenvalue weighted by molar-refractivity contribution is 6.34. The van der Waals surface area contributed by atoms with E-state index in [1.165, 1.54) is 32.1 Å². The van der Waals surface area contributed by atoms with Gasteiger partial charge in [-0.05, 0) is 25.2 Å². The highest BCUT2D eigenvalue weighted by Crippen LogP contribution is 2.42. The predicted octanol–water partition coefficient (Wildman–Crippen LogP) is 5.97. The second-order valence-corrected chi connectivity index (χ2v) is 7.80. The van der Waals surface area contributed by atoms with Crippen molar-refractivity contribution >= 4 is 23.4 Å². The van der Waals surface area contributed by atoms with Crippen molar-refractivity contribution in [3.63, 3.8) is 0 Å². The van der Waals surface area contributed by atoms with Crippen LogP contribution >= 0.6 is 11.6 Å². The number of carbonyl (C=O) groups excluding carboxylic acids is 1. The van der Waals surface area contributed by atoms with Gasteiger partial charge < -0.3 is 5.11 Å². The number of alkyl halides is 1. The van der Waals surface area contributed by atoms with E-state index in [0.29, 0.717) is 5.92 Å². The zero-order valence-corrected chi connectivity index (χ0v) is 16.0. The Bertz CT molecular complexity index is 370. The van der Waals surface area contributed by atoms with Gasteiger partial charge in [0.2, 0.25) is 0 Å². The van der Waals surface area contributed by atoms with Gasteiger partial charge in [-0.25, -0.2) is 0 Å². The number of carboxylic acid groups (broad SMARTS) is 1. The SMILES string of the molecule is CCCCCCCC[C@@H]1C(=O)C(Cl)[C@H]1CCCCCCCC(=O)O. The molecule has 0 aromatic carbocycles. The summed E-state index contributed by atoms with van der Waals surface area (Å²) in [6.45, 7) is 2.23. The lowest BCUT2D eigenvalue weighted by Crippen LogP contribution is -2.48. The fourth-order valence-corrected chi connectivity index (χ4v) is 4.21. The molecule has 0 saturated heterocycles. The number of hydrogen-bond acceptors (Lipinski definition) is 2. The van der Waals surface area contributed by atoms with Gasteiger partial charge >= 0.3 is 5.97 Å². The average molecular weight is 359 g/mol. The quantitative estimate of drug-likeness (QED) is 0.289. The van der Waals surface area contributed by atoms with Crippen LogP contribution in [0.4, 0.5) is 0 Å². The minimum atomic E-state index is -0.703. The van der Waals surface area contributed by atoms with E-state index in [0.717, 1.165) is 51.4 Å². The molecule has 1 aliphatic carbocycles. The van der Waals surface area contributed by atoms with Crippen LogP contribution in [0.25, 0.3) is 0 Å². The molecular weight excluding hydrogens is 324 g/mol. The van der Waals surface area contributed by atoms with Gasteiger partial charge in [0, 0.05) is 12.3 Å².